The molecule has 1 rings (SSSR count). The molecular weight excluding hydrogens is 244 g/mol. The van der Waals surface area contributed by atoms with Crippen molar-refractivity contribution in [2.24, 2.45) is 0 Å². The van der Waals surface area contributed by atoms with E-state index in [0.29, 0.717) is 0 Å². The van der Waals surface area contributed by atoms with Gasteiger partial charge in [0.05, 0.1) is 6.61 Å². The first kappa shape index (κ1) is 15.3. The van der Waals surface area contributed by atoms with E-state index in [2.05, 4.69) is 0 Å². The van der Waals surface area contributed by atoms with Crippen LogP contribution < -0.4 is 0 Å². The lowest BCUT2D eigenvalue weighted by atomic mass is 9.98. The third-order valence-electron chi connectivity index (χ3n) is 2.79. The monoisotopic (exact) mass is 264 g/mol. The van der Waals surface area contributed by atoms with Gasteiger partial charge in [-0.2, -0.15) is 0 Å². The van der Waals surface area contributed by atoms with Gasteiger partial charge in [-0.25, -0.2) is 0 Å². The average Bonchev–Trinajstić information content (AvgIpc) is 2.31. The van der Waals surface area contributed by atoms with E-state index in [0.717, 1.165) is 0 Å². The Balaban J connectivity index is 2.89. The summed E-state index contributed by atoms with van der Waals surface area (Å²) in [6.45, 7) is 1.47. The number of hydrogen-bond acceptors (Lipinski definition) is 7. The van der Waals surface area contributed by atoms with Crippen molar-refractivity contribution in [2.75, 3.05) is 27.9 Å². The molecule has 0 aromatic heterocycles. The molecule has 1 saturated heterocycles. The maximum Gasteiger partial charge on any atom is 0.303 e. The Hall–Kier alpha value is -0.730. The lowest BCUT2D eigenvalue weighted by Crippen LogP contribution is -2.61. The summed E-state index contributed by atoms with van der Waals surface area (Å²) in [6.07, 6.45) is -3.81. The highest BCUT2D eigenvalue weighted by atomic mass is 16.7. The Morgan fingerprint density at radius 1 is 1.17 bits per heavy atom. The zero-order chi connectivity index (χ0) is 13.7. The molecule has 1 fully saturated rings. The normalized spacial score (nSPS) is 36.4. The number of esters is 1. The van der Waals surface area contributed by atoms with Crippen LogP contribution in [0.25, 0.3) is 0 Å². The summed E-state index contributed by atoms with van der Waals surface area (Å²) in [5, 5.41) is 9.80. The van der Waals surface area contributed by atoms with Crippen molar-refractivity contribution < 1.29 is 33.6 Å². The van der Waals surface area contributed by atoms with Crippen molar-refractivity contribution in [1.29, 1.82) is 0 Å². The number of rotatable bonds is 5. The van der Waals surface area contributed by atoms with Gasteiger partial charge in [0, 0.05) is 28.3 Å². The minimum Gasteiger partial charge on any atom is -0.457 e. The van der Waals surface area contributed by atoms with Crippen LogP contribution in [0, 0.1) is 0 Å². The van der Waals surface area contributed by atoms with E-state index in [9.17, 15) is 9.90 Å². The largest absolute Gasteiger partial charge is 0.457 e. The fourth-order valence-corrected chi connectivity index (χ4v) is 2.05. The molecule has 0 aromatic carbocycles. The lowest BCUT2D eigenvalue weighted by molar-refractivity contribution is -0.299. The van der Waals surface area contributed by atoms with Gasteiger partial charge in [-0.1, -0.05) is 0 Å². The molecule has 0 spiro atoms. The quantitative estimate of drug-likeness (QED) is 0.658. The summed E-state index contributed by atoms with van der Waals surface area (Å²) < 4.78 is 25.9. The molecule has 1 aliphatic rings. The van der Waals surface area contributed by atoms with Crippen LogP contribution in [0.2, 0.25) is 0 Å². The highest BCUT2D eigenvalue weighted by molar-refractivity contribution is 5.66. The molecule has 0 amide bonds. The summed E-state index contributed by atoms with van der Waals surface area (Å²) in [7, 11) is 4.37. The molecule has 7 nitrogen and oxygen atoms in total. The highest BCUT2D eigenvalue weighted by Gasteiger charge is 2.48. The number of ether oxygens (including phenoxy) is 5. The number of carbonyl (C=O) groups is 1. The predicted octanol–water partition coefficient (Wildman–Crippen LogP) is -0.688. The second-order valence-electron chi connectivity index (χ2n) is 4.00. The Labute approximate surface area is 106 Å². The molecule has 0 aromatic rings. The molecule has 5 atom stereocenters. The molecule has 0 bridgehead atoms. The minimum absolute atomic E-state index is 0.172. The predicted molar refractivity (Wildman–Crippen MR) is 59.9 cm³/mol. The van der Waals surface area contributed by atoms with E-state index in [1.165, 1.54) is 28.3 Å². The van der Waals surface area contributed by atoms with Gasteiger partial charge >= 0.3 is 5.97 Å². The van der Waals surface area contributed by atoms with Gasteiger partial charge in [0.15, 0.2) is 12.4 Å². The Bertz CT molecular complexity index is 270. The third-order valence-corrected chi connectivity index (χ3v) is 2.79. The maximum atomic E-state index is 11.1. The van der Waals surface area contributed by atoms with Crippen molar-refractivity contribution in [2.45, 2.75) is 37.6 Å². The van der Waals surface area contributed by atoms with Gasteiger partial charge < -0.3 is 28.8 Å². The highest BCUT2D eigenvalue weighted by Crippen LogP contribution is 2.26. The van der Waals surface area contributed by atoms with Crippen LogP contribution in [0.5, 0.6) is 0 Å². The maximum absolute atomic E-state index is 11.1. The third kappa shape index (κ3) is 3.39. The smallest absolute Gasteiger partial charge is 0.303 e. The molecule has 18 heavy (non-hydrogen) atoms. The number of aliphatic hydroxyl groups is 1. The van der Waals surface area contributed by atoms with Gasteiger partial charge in [0.25, 0.3) is 0 Å². The second kappa shape index (κ2) is 7.01. The van der Waals surface area contributed by atoms with Crippen LogP contribution in [0.15, 0.2) is 0 Å². The summed E-state index contributed by atoms with van der Waals surface area (Å²) in [6, 6.07) is 0. The SMILES string of the molecule is COCC1O[C@@H](O)C(OC)C(OC)[C@@H]1OC(C)=O. The van der Waals surface area contributed by atoms with E-state index in [1.807, 2.05) is 0 Å². The van der Waals surface area contributed by atoms with Crippen LogP contribution in [0.4, 0.5) is 0 Å². The molecule has 7 heteroatoms. The summed E-state index contributed by atoms with van der Waals surface area (Å²) in [5.41, 5.74) is 0. The number of hydrogen-bond donors (Lipinski definition) is 1. The molecule has 0 aliphatic carbocycles. The second-order valence-corrected chi connectivity index (χ2v) is 4.00. The van der Waals surface area contributed by atoms with Gasteiger partial charge in [-0.3, -0.25) is 4.79 Å². The number of methoxy groups -OCH3 is 3. The Morgan fingerprint density at radius 3 is 2.22 bits per heavy atom. The molecular formula is C11H20O7. The van der Waals surface area contributed by atoms with Crippen molar-refractivity contribution in [1.82, 2.24) is 0 Å². The van der Waals surface area contributed by atoms with Gasteiger partial charge in [-0.05, 0) is 0 Å². The molecule has 0 radical (unpaired) electrons. The fraction of sp³-hybridized carbons (Fsp3) is 0.909. The minimum atomic E-state index is -1.16. The van der Waals surface area contributed by atoms with E-state index in [4.69, 9.17) is 23.7 Å². The molecule has 3 unspecified atom stereocenters. The first-order valence-corrected chi connectivity index (χ1v) is 5.60. The number of aliphatic hydroxyl groups excluding tert-OH is 1. The van der Waals surface area contributed by atoms with Crippen LogP contribution >= 0.6 is 0 Å². The molecule has 1 N–H and O–H groups in total. The average molecular weight is 264 g/mol. The van der Waals surface area contributed by atoms with Gasteiger partial charge in [0.2, 0.25) is 0 Å². The summed E-state index contributed by atoms with van der Waals surface area (Å²) in [5.74, 6) is -0.460. The molecule has 1 heterocycles. The molecule has 1 aliphatic heterocycles. The first-order valence-electron chi connectivity index (χ1n) is 5.60. The van der Waals surface area contributed by atoms with Gasteiger partial charge in [0.1, 0.15) is 18.3 Å². The van der Waals surface area contributed by atoms with E-state index in [-0.39, 0.29) is 6.61 Å². The lowest BCUT2D eigenvalue weighted by Gasteiger charge is -2.42. The van der Waals surface area contributed by atoms with Crippen molar-refractivity contribution in [3.8, 4) is 0 Å². The van der Waals surface area contributed by atoms with Crippen molar-refractivity contribution in [3.05, 3.63) is 0 Å². The van der Waals surface area contributed by atoms with Gasteiger partial charge in [-0.15, -0.1) is 0 Å². The summed E-state index contributed by atoms with van der Waals surface area (Å²) >= 11 is 0. The standard InChI is InChI=1S/C11H20O7/c1-6(12)17-8-7(5-14-2)18-11(13)10(16-4)9(8)15-3/h7-11,13H,5H2,1-4H3/t7?,8-,9?,10?,11-/m1/s1. The van der Waals surface area contributed by atoms with Crippen molar-refractivity contribution >= 4 is 5.97 Å². The van der Waals surface area contributed by atoms with Crippen LogP contribution in [0.1, 0.15) is 6.92 Å². The van der Waals surface area contributed by atoms with E-state index < -0.39 is 36.7 Å². The van der Waals surface area contributed by atoms with Crippen LogP contribution in [-0.4, -0.2) is 69.7 Å². The first-order chi connectivity index (χ1) is 8.54. The Kier molecular flexibility index (Phi) is 5.97. The fourth-order valence-electron chi connectivity index (χ4n) is 2.05. The van der Waals surface area contributed by atoms with Crippen LogP contribution in [-0.2, 0) is 28.5 Å². The number of carbonyl (C=O) groups excluding carboxylic acids is 1. The van der Waals surface area contributed by atoms with Crippen LogP contribution in [0.3, 0.4) is 0 Å². The zero-order valence-electron chi connectivity index (χ0n) is 11.0. The van der Waals surface area contributed by atoms with Crippen molar-refractivity contribution in [3.63, 3.8) is 0 Å². The molecule has 0 saturated carbocycles. The molecule has 106 valence electrons. The Morgan fingerprint density at radius 2 is 1.78 bits per heavy atom. The topological polar surface area (TPSA) is 83.5 Å². The zero-order valence-corrected chi connectivity index (χ0v) is 11.0. The summed E-state index contributed by atoms with van der Waals surface area (Å²) in [4.78, 5) is 11.1. The van der Waals surface area contributed by atoms with E-state index in [1.54, 1.807) is 0 Å². The van der Waals surface area contributed by atoms with E-state index >= 15 is 0 Å².